The average Bonchev–Trinajstić information content (AvgIpc) is 3.54. The zero-order valence-corrected chi connectivity index (χ0v) is 15.8. The van der Waals surface area contributed by atoms with Gasteiger partial charge >= 0.3 is 0 Å². The first-order chi connectivity index (χ1) is 12.8. The molecule has 0 bridgehead atoms. The Balaban J connectivity index is 1.41. The minimum absolute atomic E-state index is 0.334. The van der Waals surface area contributed by atoms with Crippen molar-refractivity contribution in [3.05, 3.63) is 12.3 Å². The second-order valence-corrected chi connectivity index (χ2v) is 7.95. The summed E-state index contributed by atoms with van der Waals surface area (Å²) in [6.07, 6.45) is 11.1. The van der Waals surface area contributed by atoms with Crippen molar-refractivity contribution in [2.75, 3.05) is 31.6 Å². The third-order valence-corrected chi connectivity index (χ3v) is 6.20. The SMILES string of the molecule is COc1ccnc(N2CCC(C3CCCCCN3C(=O)C3CC3)CC2)n1. The molecule has 1 unspecified atom stereocenters. The van der Waals surface area contributed by atoms with Crippen molar-refractivity contribution < 1.29 is 9.53 Å². The van der Waals surface area contributed by atoms with Gasteiger partial charge in [-0.1, -0.05) is 12.8 Å². The topological polar surface area (TPSA) is 58.6 Å². The van der Waals surface area contributed by atoms with Crippen molar-refractivity contribution in [1.29, 1.82) is 0 Å². The van der Waals surface area contributed by atoms with Gasteiger partial charge in [-0.05, 0) is 44.4 Å². The Morgan fingerprint density at radius 1 is 1.08 bits per heavy atom. The highest BCUT2D eigenvalue weighted by atomic mass is 16.5. The molecule has 1 atom stereocenters. The number of hydrogen-bond donors (Lipinski definition) is 0. The van der Waals surface area contributed by atoms with Crippen LogP contribution in [0.2, 0.25) is 0 Å². The van der Waals surface area contributed by atoms with E-state index < -0.39 is 0 Å². The van der Waals surface area contributed by atoms with Crippen molar-refractivity contribution in [3.63, 3.8) is 0 Å². The Kier molecular flexibility index (Phi) is 5.27. The quantitative estimate of drug-likeness (QED) is 0.828. The summed E-state index contributed by atoms with van der Waals surface area (Å²) < 4.78 is 5.22. The zero-order valence-electron chi connectivity index (χ0n) is 15.8. The van der Waals surface area contributed by atoms with E-state index in [2.05, 4.69) is 19.8 Å². The van der Waals surface area contributed by atoms with Gasteiger partial charge in [0, 0.05) is 43.9 Å². The molecule has 1 aromatic heterocycles. The van der Waals surface area contributed by atoms with E-state index in [1.165, 1.54) is 25.7 Å². The fourth-order valence-corrected chi connectivity index (χ4v) is 4.55. The monoisotopic (exact) mass is 358 g/mol. The smallest absolute Gasteiger partial charge is 0.228 e. The maximum atomic E-state index is 12.8. The molecular formula is C20H30N4O2. The first kappa shape index (κ1) is 17.6. The number of ether oxygens (including phenoxy) is 1. The molecule has 4 rings (SSSR count). The molecule has 2 saturated heterocycles. The van der Waals surface area contributed by atoms with Crippen LogP contribution in [0.1, 0.15) is 51.4 Å². The molecule has 142 valence electrons. The lowest BCUT2D eigenvalue weighted by Gasteiger charge is -2.41. The second-order valence-electron chi connectivity index (χ2n) is 7.95. The van der Waals surface area contributed by atoms with Crippen LogP contribution in [0.15, 0.2) is 12.3 Å². The number of likely N-dealkylation sites (tertiary alicyclic amines) is 1. The van der Waals surface area contributed by atoms with Crippen LogP contribution in [-0.2, 0) is 4.79 Å². The number of nitrogens with zero attached hydrogens (tertiary/aromatic N) is 4. The van der Waals surface area contributed by atoms with E-state index in [9.17, 15) is 4.79 Å². The average molecular weight is 358 g/mol. The first-order valence-corrected chi connectivity index (χ1v) is 10.2. The molecule has 1 aliphatic carbocycles. The lowest BCUT2D eigenvalue weighted by molar-refractivity contribution is -0.136. The number of aromatic nitrogens is 2. The van der Waals surface area contributed by atoms with Gasteiger partial charge in [0.25, 0.3) is 0 Å². The van der Waals surface area contributed by atoms with Crippen LogP contribution >= 0.6 is 0 Å². The molecule has 1 amide bonds. The summed E-state index contributed by atoms with van der Waals surface area (Å²) in [6, 6.07) is 2.22. The Bertz CT molecular complexity index is 626. The molecule has 1 aromatic rings. The number of amides is 1. The molecule has 2 aliphatic heterocycles. The summed E-state index contributed by atoms with van der Waals surface area (Å²) in [5, 5.41) is 0. The predicted molar refractivity (Wildman–Crippen MR) is 100 cm³/mol. The highest BCUT2D eigenvalue weighted by Crippen LogP contribution is 2.36. The summed E-state index contributed by atoms with van der Waals surface area (Å²) in [5.74, 6) is 2.76. The van der Waals surface area contributed by atoms with Crippen LogP contribution in [0, 0.1) is 11.8 Å². The van der Waals surface area contributed by atoms with Crippen molar-refractivity contribution in [1.82, 2.24) is 14.9 Å². The normalized spacial score (nSPS) is 25.0. The summed E-state index contributed by atoms with van der Waals surface area (Å²) in [5.41, 5.74) is 0. The molecular weight excluding hydrogens is 328 g/mol. The summed E-state index contributed by atoms with van der Waals surface area (Å²) in [6.45, 7) is 2.89. The standard InChI is InChI=1S/C20H30N4O2/c1-26-18-8-11-21-20(22-18)23-13-9-15(10-14-23)17-5-3-2-4-12-24(17)19(25)16-6-7-16/h8,11,15-17H,2-7,9-10,12-14H2,1H3. The largest absolute Gasteiger partial charge is 0.481 e. The third-order valence-electron chi connectivity index (χ3n) is 6.20. The molecule has 6 nitrogen and oxygen atoms in total. The van der Waals surface area contributed by atoms with Crippen molar-refractivity contribution in [2.45, 2.75) is 57.4 Å². The first-order valence-electron chi connectivity index (χ1n) is 10.2. The van der Waals surface area contributed by atoms with Crippen molar-refractivity contribution in [2.24, 2.45) is 11.8 Å². The van der Waals surface area contributed by atoms with Gasteiger partial charge in [0.15, 0.2) is 0 Å². The molecule has 3 aliphatic rings. The van der Waals surface area contributed by atoms with Crippen LogP contribution in [-0.4, -0.2) is 53.6 Å². The number of hydrogen-bond acceptors (Lipinski definition) is 5. The number of anilines is 1. The molecule has 0 spiro atoms. The molecule has 6 heteroatoms. The molecule has 3 heterocycles. The lowest BCUT2D eigenvalue weighted by Crippen LogP contribution is -2.48. The van der Waals surface area contributed by atoms with Gasteiger partial charge in [-0.25, -0.2) is 4.98 Å². The van der Waals surface area contributed by atoms with Gasteiger partial charge in [-0.15, -0.1) is 0 Å². The third kappa shape index (κ3) is 3.79. The maximum absolute atomic E-state index is 12.8. The van der Waals surface area contributed by atoms with Gasteiger partial charge in [0.1, 0.15) is 0 Å². The molecule has 0 aromatic carbocycles. The van der Waals surface area contributed by atoms with Gasteiger partial charge in [-0.3, -0.25) is 4.79 Å². The number of rotatable bonds is 4. The van der Waals surface area contributed by atoms with E-state index in [4.69, 9.17) is 4.74 Å². The summed E-state index contributed by atoms with van der Waals surface area (Å²) in [4.78, 5) is 26.2. The lowest BCUT2D eigenvalue weighted by atomic mass is 9.86. The molecule has 1 saturated carbocycles. The van der Waals surface area contributed by atoms with Crippen molar-refractivity contribution in [3.8, 4) is 5.88 Å². The predicted octanol–water partition coefficient (Wildman–Crippen LogP) is 2.88. The minimum atomic E-state index is 0.334. The Morgan fingerprint density at radius 2 is 1.88 bits per heavy atom. The fraction of sp³-hybridized carbons (Fsp3) is 0.750. The van der Waals surface area contributed by atoms with E-state index in [-0.39, 0.29) is 0 Å². The van der Waals surface area contributed by atoms with E-state index in [1.807, 2.05) is 0 Å². The summed E-state index contributed by atoms with van der Waals surface area (Å²) in [7, 11) is 1.63. The van der Waals surface area contributed by atoms with E-state index >= 15 is 0 Å². The van der Waals surface area contributed by atoms with Gasteiger partial charge in [-0.2, -0.15) is 4.98 Å². The molecule has 0 radical (unpaired) electrons. The van der Waals surface area contributed by atoms with Crippen LogP contribution in [0.4, 0.5) is 5.95 Å². The van der Waals surface area contributed by atoms with E-state index in [0.29, 0.717) is 29.7 Å². The fourth-order valence-electron chi connectivity index (χ4n) is 4.55. The minimum Gasteiger partial charge on any atom is -0.481 e. The Labute approximate surface area is 155 Å². The number of carbonyl (C=O) groups excluding carboxylic acids is 1. The second kappa shape index (κ2) is 7.80. The maximum Gasteiger partial charge on any atom is 0.228 e. The van der Waals surface area contributed by atoms with Crippen LogP contribution in [0.3, 0.4) is 0 Å². The van der Waals surface area contributed by atoms with Crippen LogP contribution < -0.4 is 9.64 Å². The number of carbonyl (C=O) groups is 1. The zero-order chi connectivity index (χ0) is 17.9. The molecule has 26 heavy (non-hydrogen) atoms. The molecule has 3 fully saturated rings. The molecule has 0 N–H and O–H groups in total. The van der Waals surface area contributed by atoms with Crippen LogP contribution in [0.25, 0.3) is 0 Å². The van der Waals surface area contributed by atoms with Gasteiger partial charge in [0.05, 0.1) is 7.11 Å². The summed E-state index contributed by atoms with van der Waals surface area (Å²) >= 11 is 0. The van der Waals surface area contributed by atoms with E-state index in [1.54, 1.807) is 19.4 Å². The van der Waals surface area contributed by atoms with Gasteiger partial charge < -0.3 is 14.5 Å². The number of piperidine rings is 1. The van der Waals surface area contributed by atoms with Crippen molar-refractivity contribution >= 4 is 11.9 Å². The Morgan fingerprint density at radius 3 is 2.62 bits per heavy atom. The van der Waals surface area contributed by atoms with Gasteiger partial charge in [0.2, 0.25) is 17.7 Å². The Hall–Kier alpha value is -1.85. The number of methoxy groups -OCH3 is 1. The van der Waals surface area contributed by atoms with E-state index in [0.717, 1.165) is 51.3 Å². The highest BCUT2D eigenvalue weighted by molar-refractivity contribution is 5.81. The van der Waals surface area contributed by atoms with Crippen LogP contribution in [0.5, 0.6) is 5.88 Å². The highest BCUT2D eigenvalue weighted by Gasteiger charge is 2.39.